The molecule has 1 amide bonds. The van der Waals surface area contributed by atoms with Gasteiger partial charge < -0.3 is 5.32 Å². The maximum absolute atomic E-state index is 12.8. The van der Waals surface area contributed by atoms with Crippen LogP contribution in [-0.4, -0.2) is 12.5 Å². The van der Waals surface area contributed by atoms with E-state index in [2.05, 4.69) is 5.32 Å². The van der Waals surface area contributed by atoms with E-state index in [9.17, 15) is 18.0 Å². The number of benzene rings is 1. The fourth-order valence-corrected chi connectivity index (χ4v) is 1.92. The molecular weight excluding hydrogens is 291 g/mol. The summed E-state index contributed by atoms with van der Waals surface area (Å²) in [7, 11) is 0. The lowest BCUT2D eigenvalue weighted by Gasteiger charge is -2.29. The van der Waals surface area contributed by atoms with Gasteiger partial charge in [0.1, 0.15) is 0 Å². The largest absolute Gasteiger partial charge is 0.416 e. The molecule has 0 saturated carbocycles. The molecule has 0 heterocycles. The van der Waals surface area contributed by atoms with Crippen LogP contribution in [0.5, 0.6) is 0 Å². The Balaban J connectivity index is 2.89. The van der Waals surface area contributed by atoms with Gasteiger partial charge in [0.15, 0.2) is 0 Å². The van der Waals surface area contributed by atoms with Gasteiger partial charge in [-0.3, -0.25) is 4.79 Å². The van der Waals surface area contributed by atoms with Gasteiger partial charge in [0.05, 0.1) is 5.56 Å². The summed E-state index contributed by atoms with van der Waals surface area (Å²) in [6, 6.07) is 5.26. The van der Waals surface area contributed by atoms with Crippen LogP contribution in [0.15, 0.2) is 24.3 Å². The molecule has 0 spiro atoms. The van der Waals surface area contributed by atoms with Gasteiger partial charge in [0, 0.05) is 17.4 Å². The second-order valence-electron chi connectivity index (χ2n) is 6.88. The first-order valence-corrected chi connectivity index (χ1v) is 7.36. The normalized spacial score (nSPS) is 13.1. The topological polar surface area (TPSA) is 29.1 Å². The third kappa shape index (κ3) is 4.49. The molecule has 1 aromatic carbocycles. The molecule has 0 aliphatic rings. The standard InChI is InChI=1S/C17H24F3NO/c1-6-15(2,3)14(22)21-11-16(4,5)12-8-7-9-13(10-12)17(18,19)20/h7-10H,6,11H2,1-5H3,(H,21,22). The van der Waals surface area contributed by atoms with E-state index in [0.29, 0.717) is 12.0 Å². The van der Waals surface area contributed by atoms with Crippen LogP contribution < -0.4 is 5.32 Å². The molecule has 22 heavy (non-hydrogen) atoms. The molecule has 2 nitrogen and oxygen atoms in total. The van der Waals surface area contributed by atoms with Gasteiger partial charge in [-0.2, -0.15) is 13.2 Å². The van der Waals surface area contributed by atoms with E-state index in [0.717, 1.165) is 12.1 Å². The zero-order valence-electron chi connectivity index (χ0n) is 13.8. The number of hydrogen-bond acceptors (Lipinski definition) is 1. The van der Waals surface area contributed by atoms with E-state index in [1.807, 2.05) is 34.6 Å². The number of alkyl halides is 3. The van der Waals surface area contributed by atoms with Gasteiger partial charge in [-0.25, -0.2) is 0 Å². The molecule has 0 bridgehead atoms. The first-order valence-electron chi connectivity index (χ1n) is 7.36. The van der Waals surface area contributed by atoms with Crippen molar-refractivity contribution in [2.45, 2.75) is 52.6 Å². The van der Waals surface area contributed by atoms with Crippen molar-refractivity contribution in [2.24, 2.45) is 5.41 Å². The molecule has 1 rings (SSSR count). The second kappa shape index (κ2) is 6.31. The Morgan fingerprint density at radius 2 is 1.64 bits per heavy atom. The van der Waals surface area contributed by atoms with E-state index in [1.54, 1.807) is 6.07 Å². The number of carbonyl (C=O) groups is 1. The number of carbonyl (C=O) groups excluding carboxylic acids is 1. The quantitative estimate of drug-likeness (QED) is 0.849. The highest BCUT2D eigenvalue weighted by Gasteiger charge is 2.33. The molecule has 0 aliphatic heterocycles. The van der Waals surface area contributed by atoms with Crippen molar-refractivity contribution >= 4 is 5.91 Å². The first kappa shape index (κ1) is 18.5. The highest BCUT2D eigenvalue weighted by molar-refractivity contribution is 5.81. The maximum Gasteiger partial charge on any atom is 0.416 e. The van der Waals surface area contributed by atoms with Crippen molar-refractivity contribution in [2.75, 3.05) is 6.54 Å². The van der Waals surface area contributed by atoms with Crippen LogP contribution in [-0.2, 0) is 16.4 Å². The summed E-state index contributed by atoms with van der Waals surface area (Å²) in [5.74, 6) is -0.0879. The summed E-state index contributed by atoms with van der Waals surface area (Å²) < 4.78 is 38.4. The number of halogens is 3. The Morgan fingerprint density at radius 3 is 2.14 bits per heavy atom. The van der Waals surface area contributed by atoms with Crippen molar-refractivity contribution in [1.82, 2.24) is 5.32 Å². The Labute approximate surface area is 130 Å². The molecule has 1 N–H and O–H groups in total. The van der Waals surface area contributed by atoms with Gasteiger partial charge in [0.2, 0.25) is 5.91 Å². The molecule has 0 fully saturated rings. The predicted octanol–water partition coefficient (Wildman–Crippen LogP) is 4.54. The fraction of sp³-hybridized carbons (Fsp3) is 0.588. The summed E-state index contributed by atoms with van der Waals surface area (Å²) in [5, 5.41) is 2.85. The average molecular weight is 315 g/mol. The van der Waals surface area contributed by atoms with E-state index < -0.39 is 22.6 Å². The van der Waals surface area contributed by atoms with Crippen LogP contribution in [0, 0.1) is 5.41 Å². The van der Waals surface area contributed by atoms with Crippen molar-refractivity contribution in [3.05, 3.63) is 35.4 Å². The minimum atomic E-state index is -4.36. The zero-order valence-corrected chi connectivity index (χ0v) is 13.8. The Bertz CT molecular complexity index is 533. The third-order valence-electron chi connectivity index (χ3n) is 4.16. The Kier molecular flexibility index (Phi) is 5.31. The van der Waals surface area contributed by atoms with Gasteiger partial charge in [-0.1, -0.05) is 52.8 Å². The number of amides is 1. The summed E-state index contributed by atoms with van der Waals surface area (Å²) in [6.45, 7) is 9.55. The second-order valence-corrected chi connectivity index (χ2v) is 6.88. The molecule has 0 aliphatic carbocycles. The van der Waals surface area contributed by atoms with Crippen LogP contribution >= 0.6 is 0 Å². The highest BCUT2D eigenvalue weighted by atomic mass is 19.4. The zero-order chi connectivity index (χ0) is 17.2. The van der Waals surface area contributed by atoms with E-state index in [1.165, 1.54) is 6.07 Å². The monoisotopic (exact) mass is 315 g/mol. The number of hydrogen-bond donors (Lipinski definition) is 1. The van der Waals surface area contributed by atoms with E-state index in [-0.39, 0.29) is 12.5 Å². The molecule has 0 saturated heterocycles. The van der Waals surface area contributed by atoms with Crippen molar-refractivity contribution < 1.29 is 18.0 Å². The third-order valence-corrected chi connectivity index (χ3v) is 4.16. The SMILES string of the molecule is CCC(C)(C)C(=O)NCC(C)(C)c1cccc(C(F)(F)F)c1. The van der Waals surface area contributed by atoms with Gasteiger partial charge in [-0.15, -0.1) is 0 Å². The molecule has 5 heteroatoms. The van der Waals surface area contributed by atoms with E-state index >= 15 is 0 Å². The lowest BCUT2D eigenvalue weighted by molar-refractivity contribution is -0.137. The molecule has 0 unspecified atom stereocenters. The summed E-state index contributed by atoms with van der Waals surface area (Å²) in [4.78, 5) is 12.1. The smallest absolute Gasteiger partial charge is 0.355 e. The number of rotatable bonds is 5. The van der Waals surface area contributed by atoms with Crippen LogP contribution in [0.25, 0.3) is 0 Å². The van der Waals surface area contributed by atoms with Gasteiger partial charge >= 0.3 is 6.18 Å². The Morgan fingerprint density at radius 1 is 1.09 bits per heavy atom. The molecule has 0 radical (unpaired) electrons. The maximum atomic E-state index is 12.8. The van der Waals surface area contributed by atoms with Crippen molar-refractivity contribution in [3.63, 3.8) is 0 Å². The summed E-state index contributed by atoms with van der Waals surface area (Å²) in [6.07, 6.45) is -3.66. The Hall–Kier alpha value is -1.52. The predicted molar refractivity (Wildman–Crippen MR) is 81.6 cm³/mol. The number of nitrogens with one attached hydrogen (secondary N) is 1. The average Bonchev–Trinajstić information content (AvgIpc) is 2.44. The van der Waals surface area contributed by atoms with Gasteiger partial charge in [0.25, 0.3) is 0 Å². The summed E-state index contributed by atoms with van der Waals surface area (Å²) >= 11 is 0. The summed E-state index contributed by atoms with van der Waals surface area (Å²) in [5.41, 5.74) is -1.18. The molecule has 0 atom stereocenters. The van der Waals surface area contributed by atoms with Crippen LogP contribution in [0.3, 0.4) is 0 Å². The minimum absolute atomic E-state index is 0.0879. The molecule has 1 aromatic rings. The van der Waals surface area contributed by atoms with Gasteiger partial charge in [-0.05, 0) is 18.1 Å². The lowest BCUT2D eigenvalue weighted by atomic mass is 9.83. The first-order chi connectivity index (χ1) is 9.90. The minimum Gasteiger partial charge on any atom is -0.355 e. The molecule has 124 valence electrons. The van der Waals surface area contributed by atoms with Crippen molar-refractivity contribution in [1.29, 1.82) is 0 Å². The van der Waals surface area contributed by atoms with E-state index in [4.69, 9.17) is 0 Å². The van der Waals surface area contributed by atoms with Crippen LogP contribution in [0.2, 0.25) is 0 Å². The van der Waals surface area contributed by atoms with Crippen LogP contribution in [0.4, 0.5) is 13.2 Å². The lowest BCUT2D eigenvalue weighted by Crippen LogP contribution is -2.42. The van der Waals surface area contributed by atoms with Crippen LogP contribution in [0.1, 0.15) is 52.2 Å². The fourth-order valence-electron chi connectivity index (χ4n) is 1.92. The molecular formula is C17H24F3NO. The van der Waals surface area contributed by atoms with Crippen molar-refractivity contribution in [3.8, 4) is 0 Å². The molecule has 0 aromatic heterocycles. The highest BCUT2D eigenvalue weighted by Crippen LogP contribution is 2.32.